The summed E-state index contributed by atoms with van der Waals surface area (Å²) in [6, 6.07) is 30.1. The smallest absolute Gasteiger partial charge is 0.00151 e. The molecular formula is C55H64Cl2Zr-2. The molecule has 0 saturated carbocycles. The van der Waals surface area contributed by atoms with E-state index in [1.54, 1.807) is 0 Å². The minimum atomic E-state index is 0. The molecule has 0 radical (unpaired) electrons. The van der Waals surface area contributed by atoms with E-state index in [2.05, 4.69) is 218 Å². The molecule has 5 aromatic carbocycles. The molecule has 8 rings (SSSR count). The summed E-state index contributed by atoms with van der Waals surface area (Å²) in [6.45, 7) is 31.7. The molecule has 1 unspecified atom stereocenters. The number of rotatable bonds is 3. The molecular weight excluding hydrogens is 823 g/mol. The average molecular weight is 887 g/mol. The summed E-state index contributed by atoms with van der Waals surface area (Å²) in [5.74, 6) is 0.573. The third-order valence-electron chi connectivity index (χ3n) is 12.0. The van der Waals surface area contributed by atoms with Crippen molar-refractivity contribution in [2.24, 2.45) is 11.3 Å². The molecule has 3 aliphatic rings. The van der Waals surface area contributed by atoms with Crippen LogP contribution < -0.4 is 24.8 Å². The normalized spacial score (nSPS) is 17.0. The van der Waals surface area contributed by atoms with E-state index in [-0.39, 0.29) is 46.5 Å². The molecule has 3 aliphatic carbocycles. The summed E-state index contributed by atoms with van der Waals surface area (Å²) < 4.78 is 1.42. The maximum absolute atomic E-state index is 3.35. The van der Waals surface area contributed by atoms with Crippen molar-refractivity contribution in [3.63, 3.8) is 0 Å². The second-order valence-corrected chi connectivity index (χ2v) is 21.8. The van der Waals surface area contributed by atoms with Crippen molar-refractivity contribution in [3.05, 3.63) is 159 Å². The molecule has 3 heteroatoms. The molecule has 0 spiro atoms. The van der Waals surface area contributed by atoms with Crippen LogP contribution in [0.5, 0.6) is 0 Å². The van der Waals surface area contributed by atoms with Crippen LogP contribution in [-0.4, -0.2) is 3.21 Å². The minimum absolute atomic E-state index is 0. The van der Waals surface area contributed by atoms with Crippen LogP contribution in [0.4, 0.5) is 0 Å². The largest absolute Gasteiger partial charge is 1.00 e. The van der Waals surface area contributed by atoms with Gasteiger partial charge in [-0.05, 0) is 11.1 Å². The van der Waals surface area contributed by atoms with Crippen molar-refractivity contribution < 1.29 is 49.0 Å². The molecule has 0 saturated heterocycles. The topological polar surface area (TPSA) is 0 Å². The van der Waals surface area contributed by atoms with Crippen molar-refractivity contribution in [2.45, 2.75) is 125 Å². The molecule has 0 fully saturated rings. The molecule has 1 atom stereocenters. The summed E-state index contributed by atoms with van der Waals surface area (Å²) in [5, 5.41) is 5.53. The van der Waals surface area contributed by atoms with E-state index in [0.29, 0.717) is 11.3 Å². The number of benzene rings is 4. The van der Waals surface area contributed by atoms with Crippen molar-refractivity contribution in [1.82, 2.24) is 0 Å². The third kappa shape index (κ3) is 10.3. The van der Waals surface area contributed by atoms with Gasteiger partial charge < -0.3 is 24.8 Å². The first-order valence-electron chi connectivity index (χ1n) is 20.7. The van der Waals surface area contributed by atoms with Crippen molar-refractivity contribution in [3.8, 4) is 0 Å². The van der Waals surface area contributed by atoms with Gasteiger partial charge in [-0.2, -0.15) is 11.6 Å². The summed E-state index contributed by atoms with van der Waals surface area (Å²) in [4.78, 5) is 0. The van der Waals surface area contributed by atoms with Crippen molar-refractivity contribution in [2.75, 3.05) is 0 Å². The van der Waals surface area contributed by atoms with Crippen LogP contribution in [-0.2, 0) is 45.9 Å². The quantitative estimate of drug-likeness (QED) is 0.159. The average Bonchev–Trinajstić information content (AvgIpc) is 3.90. The van der Waals surface area contributed by atoms with Crippen LogP contribution in [0, 0.1) is 17.4 Å². The van der Waals surface area contributed by atoms with Gasteiger partial charge >= 0.3 is 151 Å². The predicted molar refractivity (Wildman–Crippen MR) is 244 cm³/mol. The number of allylic oxidation sites excluding steroid dienone is 6. The summed E-state index contributed by atoms with van der Waals surface area (Å²) in [5.41, 5.74) is 13.6. The molecule has 0 amide bonds. The molecule has 304 valence electrons. The Balaban J connectivity index is 0.000000201. The fourth-order valence-electron chi connectivity index (χ4n) is 7.96. The van der Waals surface area contributed by atoms with E-state index in [9.17, 15) is 0 Å². The van der Waals surface area contributed by atoms with Gasteiger partial charge in [-0.15, -0.1) is 39.7 Å². The Morgan fingerprint density at radius 2 is 1.02 bits per heavy atom. The van der Waals surface area contributed by atoms with Gasteiger partial charge in [0.2, 0.25) is 0 Å². The van der Waals surface area contributed by atoms with Crippen LogP contribution in [0.25, 0.3) is 33.7 Å². The van der Waals surface area contributed by atoms with Gasteiger partial charge in [0, 0.05) is 10.8 Å². The Hall–Kier alpha value is -2.96. The number of hydrogen-bond donors (Lipinski definition) is 0. The van der Waals surface area contributed by atoms with E-state index in [1.165, 1.54) is 105 Å². The fraction of sp³-hybridized carbons (Fsp3) is 0.382. The molecule has 0 bridgehead atoms. The minimum Gasteiger partial charge on any atom is -1.00 e. The Kier molecular flexibility index (Phi) is 14.5. The summed E-state index contributed by atoms with van der Waals surface area (Å²) in [7, 11) is 0. The predicted octanol–water partition coefficient (Wildman–Crippen LogP) is 9.08. The van der Waals surface area contributed by atoms with Crippen LogP contribution in [0.3, 0.4) is 0 Å². The van der Waals surface area contributed by atoms with Gasteiger partial charge in [-0.3, -0.25) is 6.08 Å². The zero-order chi connectivity index (χ0) is 41.0. The maximum Gasteiger partial charge on any atom is 0.00151 e. The molecule has 0 nitrogen and oxygen atoms in total. The Morgan fingerprint density at radius 1 is 0.621 bits per heavy atom. The molecule has 5 aromatic rings. The van der Waals surface area contributed by atoms with E-state index < -0.39 is 0 Å². The fourth-order valence-corrected chi connectivity index (χ4v) is 8.78. The second-order valence-electron chi connectivity index (χ2n) is 20.5. The van der Waals surface area contributed by atoms with Crippen molar-refractivity contribution >= 4 is 36.9 Å². The second kappa shape index (κ2) is 17.6. The Morgan fingerprint density at radius 3 is 1.33 bits per heavy atom. The summed E-state index contributed by atoms with van der Waals surface area (Å²) >= 11 is 1.46. The van der Waals surface area contributed by atoms with Crippen LogP contribution >= 0.6 is 0 Å². The summed E-state index contributed by atoms with van der Waals surface area (Å²) in [6.07, 6.45) is 18.2. The third-order valence-corrected chi connectivity index (χ3v) is 13.4. The molecule has 0 heterocycles. The van der Waals surface area contributed by atoms with Gasteiger partial charge in [0.1, 0.15) is 0 Å². The van der Waals surface area contributed by atoms with Gasteiger partial charge in [0.15, 0.2) is 0 Å². The zero-order valence-corrected chi connectivity index (χ0v) is 41.5. The maximum atomic E-state index is 3.35. The van der Waals surface area contributed by atoms with Crippen molar-refractivity contribution in [1.29, 1.82) is 0 Å². The standard InChI is InChI=1S/C23H21.C21H26.C11H17.2ClH.Zr/c1-22(2)7-5-14-10-18-16(12-20(14)22)9-17-13-21-15(11-19(17)18)6-8-23(21,3)4;1-20(2,3)18-11-7-16(8-12-18)15-17-9-13-19(14-10-17)21(4,5)6;1-5-9-6-7-10(8-9)11(2,3)4;;;/h5-13H,1-4H3;7-14H,1-6H3;7-9H,5H2,1-4H3;2*1H;/q-1;;-1;;;+2/p-2. The van der Waals surface area contributed by atoms with E-state index in [4.69, 9.17) is 0 Å². The Bertz CT molecular complexity index is 2240. The first-order valence-corrected chi connectivity index (χ1v) is 21.9. The first-order chi connectivity index (χ1) is 26.0. The number of hydrogen-bond acceptors (Lipinski definition) is 0. The van der Waals surface area contributed by atoms with Gasteiger partial charge in [-0.25, -0.2) is 6.08 Å². The molecule has 0 aliphatic heterocycles. The van der Waals surface area contributed by atoms with Gasteiger partial charge in [0.05, 0.1) is 0 Å². The van der Waals surface area contributed by atoms with E-state index >= 15 is 0 Å². The molecule has 58 heavy (non-hydrogen) atoms. The van der Waals surface area contributed by atoms with Gasteiger partial charge in [0.25, 0.3) is 0 Å². The van der Waals surface area contributed by atoms with Crippen LogP contribution in [0.2, 0.25) is 0 Å². The zero-order valence-electron chi connectivity index (χ0n) is 37.5. The van der Waals surface area contributed by atoms with Crippen LogP contribution in [0.1, 0.15) is 148 Å². The monoisotopic (exact) mass is 884 g/mol. The first kappa shape index (κ1) is 47.7. The molecule has 0 aromatic heterocycles. The Labute approximate surface area is 378 Å². The number of fused-ring (bicyclic) bond motifs is 5. The van der Waals surface area contributed by atoms with Crippen LogP contribution in [0.15, 0.2) is 109 Å². The molecule has 0 N–H and O–H groups in total. The number of halogens is 2. The van der Waals surface area contributed by atoms with E-state index in [1.807, 2.05) is 0 Å². The van der Waals surface area contributed by atoms with Gasteiger partial charge in [-0.1, -0.05) is 121 Å². The SMILES string of the molecule is CC(C)(C)c1ccc([C](=[Zr+2])c2ccc(C(C)(C)C)cc2)cc1.CC1(C)C=Cc2cc3c(cc21)[cH-]c1cc2c(cc13)C=CC2(C)C.CCC1[C-]=CC(C(C)(C)C)=C1.[Cl-].[Cl-]. The van der Waals surface area contributed by atoms with E-state index in [0.717, 1.165) is 0 Å².